The molecule has 224 valence electrons. The number of halogens is 5. The Bertz CT molecular complexity index is 1720. The van der Waals surface area contributed by atoms with E-state index < -0.39 is 42.3 Å². The number of furan rings is 1. The van der Waals surface area contributed by atoms with Gasteiger partial charge in [0.05, 0.1) is 16.8 Å². The van der Waals surface area contributed by atoms with Gasteiger partial charge in [0, 0.05) is 61.8 Å². The zero-order valence-corrected chi connectivity index (χ0v) is 22.8. The topological polar surface area (TPSA) is 128 Å². The van der Waals surface area contributed by atoms with Crippen molar-refractivity contribution in [2.45, 2.75) is 38.3 Å². The normalized spacial score (nSPS) is 15.6. The van der Waals surface area contributed by atoms with Crippen LogP contribution in [-0.2, 0) is 17.4 Å². The lowest BCUT2D eigenvalue weighted by Crippen LogP contribution is -2.42. The van der Waals surface area contributed by atoms with Crippen molar-refractivity contribution >= 4 is 34.2 Å². The highest BCUT2D eigenvalue weighted by Gasteiger charge is 2.37. The molecule has 4 aromatic rings. The molecule has 5 rings (SSSR count). The van der Waals surface area contributed by atoms with Gasteiger partial charge in [-0.05, 0) is 60.0 Å². The standard InChI is InChI=1S/C30H26F5N5O3/c1-16-21-10-20(23-4-2-18(15-38-23)28(42)40-8-6-29(31,32)7-9-40)11-22(30(33,34)35)27(21)43-24(16)12-19(13-26(37)41)17-3-5-25(36)39-14-17/h2-5,10-11,13-15H,6-9,12H2,1H3,(H2,36,39)(H2,37,41)/b19-13+. The summed E-state index contributed by atoms with van der Waals surface area (Å²) in [5, 5.41) is 0.185. The number of anilines is 1. The predicted octanol–water partition coefficient (Wildman–Crippen LogP) is 5.78. The highest BCUT2D eigenvalue weighted by Crippen LogP contribution is 2.41. The number of amides is 2. The van der Waals surface area contributed by atoms with Crippen molar-refractivity contribution in [3.8, 4) is 11.3 Å². The van der Waals surface area contributed by atoms with Crippen molar-refractivity contribution in [2.75, 3.05) is 18.8 Å². The number of allylic oxidation sites excluding steroid dienone is 1. The number of rotatable bonds is 6. The predicted molar refractivity (Wildman–Crippen MR) is 149 cm³/mol. The minimum Gasteiger partial charge on any atom is -0.460 e. The van der Waals surface area contributed by atoms with Crippen molar-refractivity contribution in [1.82, 2.24) is 14.9 Å². The number of piperidine rings is 1. The van der Waals surface area contributed by atoms with E-state index >= 15 is 0 Å². The van der Waals surface area contributed by atoms with Crippen LogP contribution in [0.3, 0.4) is 0 Å². The molecule has 2 amide bonds. The van der Waals surface area contributed by atoms with Crippen LogP contribution in [0.2, 0.25) is 0 Å². The second kappa shape index (κ2) is 11.1. The minimum absolute atomic E-state index is 0.0564. The molecule has 0 aliphatic carbocycles. The number of hydrogen-bond acceptors (Lipinski definition) is 6. The quantitative estimate of drug-likeness (QED) is 0.214. The van der Waals surface area contributed by atoms with Gasteiger partial charge in [0.15, 0.2) is 0 Å². The van der Waals surface area contributed by atoms with Crippen LogP contribution < -0.4 is 11.5 Å². The zero-order valence-electron chi connectivity index (χ0n) is 22.8. The lowest BCUT2D eigenvalue weighted by Gasteiger charge is -2.31. The third-order valence-electron chi connectivity index (χ3n) is 7.35. The Labute approximate surface area is 242 Å². The number of benzene rings is 1. The molecule has 1 fully saturated rings. The van der Waals surface area contributed by atoms with Crippen LogP contribution in [0.25, 0.3) is 27.8 Å². The van der Waals surface area contributed by atoms with E-state index in [0.29, 0.717) is 16.7 Å². The van der Waals surface area contributed by atoms with Crippen LogP contribution in [0, 0.1) is 6.92 Å². The first-order valence-electron chi connectivity index (χ1n) is 13.2. The lowest BCUT2D eigenvalue weighted by molar-refractivity contribution is -0.136. The molecule has 4 N–H and O–H groups in total. The monoisotopic (exact) mass is 599 g/mol. The largest absolute Gasteiger partial charge is 0.460 e. The summed E-state index contributed by atoms with van der Waals surface area (Å²) in [5.74, 6) is -3.63. The van der Waals surface area contributed by atoms with Gasteiger partial charge in [-0.15, -0.1) is 0 Å². The van der Waals surface area contributed by atoms with Gasteiger partial charge in [-0.25, -0.2) is 13.8 Å². The first-order chi connectivity index (χ1) is 20.2. The van der Waals surface area contributed by atoms with E-state index in [-0.39, 0.29) is 58.9 Å². The number of primary amides is 1. The Morgan fingerprint density at radius 1 is 1.05 bits per heavy atom. The van der Waals surface area contributed by atoms with Crippen LogP contribution in [0.1, 0.15) is 45.7 Å². The number of fused-ring (bicyclic) bond motifs is 1. The van der Waals surface area contributed by atoms with E-state index in [1.807, 2.05) is 0 Å². The second-order valence-corrected chi connectivity index (χ2v) is 10.3. The van der Waals surface area contributed by atoms with Crippen molar-refractivity contribution < 1.29 is 36.0 Å². The van der Waals surface area contributed by atoms with E-state index in [0.717, 1.165) is 12.1 Å². The summed E-state index contributed by atoms with van der Waals surface area (Å²) in [7, 11) is 0. The third-order valence-corrected chi connectivity index (χ3v) is 7.35. The summed E-state index contributed by atoms with van der Waals surface area (Å²) in [6.45, 7) is 1.39. The molecule has 0 spiro atoms. The Morgan fingerprint density at radius 3 is 2.30 bits per heavy atom. The summed E-state index contributed by atoms with van der Waals surface area (Å²) in [4.78, 5) is 34.0. The van der Waals surface area contributed by atoms with Crippen LogP contribution in [-0.4, -0.2) is 45.7 Å². The number of nitrogen functional groups attached to an aromatic ring is 1. The number of aromatic nitrogens is 2. The van der Waals surface area contributed by atoms with Gasteiger partial charge in [-0.2, -0.15) is 13.2 Å². The van der Waals surface area contributed by atoms with E-state index in [4.69, 9.17) is 15.9 Å². The fraction of sp³-hybridized carbons (Fsp3) is 0.267. The first-order valence-corrected chi connectivity index (χ1v) is 13.2. The number of nitrogens with two attached hydrogens (primary N) is 2. The minimum atomic E-state index is -4.78. The van der Waals surface area contributed by atoms with E-state index in [2.05, 4.69) is 9.97 Å². The Hall–Kier alpha value is -4.81. The number of carbonyl (C=O) groups excluding carboxylic acids is 2. The van der Waals surface area contributed by atoms with Gasteiger partial charge in [0.2, 0.25) is 5.91 Å². The Morgan fingerprint density at radius 2 is 1.72 bits per heavy atom. The number of aryl methyl sites for hydroxylation is 1. The van der Waals surface area contributed by atoms with Crippen LogP contribution >= 0.6 is 0 Å². The Balaban J connectivity index is 1.50. The van der Waals surface area contributed by atoms with Crippen LogP contribution in [0.15, 0.2) is 59.3 Å². The number of likely N-dealkylation sites (tertiary alicyclic amines) is 1. The average Bonchev–Trinajstić information content (AvgIpc) is 3.26. The molecule has 1 saturated heterocycles. The van der Waals surface area contributed by atoms with Gasteiger partial charge in [0.1, 0.15) is 17.2 Å². The van der Waals surface area contributed by atoms with Crippen LogP contribution in [0.4, 0.5) is 27.8 Å². The van der Waals surface area contributed by atoms with Gasteiger partial charge in [-0.1, -0.05) is 0 Å². The molecular formula is C30H26F5N5O3. The number of hydrogen-bond donors (Lipinski definition) is 2. The van der Waals surface area contributed by atoms with Crippen molar-refractivity contribution in [1.29, 1.82) is 0 Å². The fourth-order valence-corrected chi connectivity index (χ4v) is 4.98. The summed E-state index contributed by atoms with van der Waals surface area (Å²) >= 11 is 0. The molecular weight excluding hydrogens is 573 g/mol. The maximum absolute atomic E-state index is 14.2. The van der Waals surface area contributed by atoms with Gasteiger partial charge < -0.3 is 20.8 Å². The Kier molecular flexibility index (Phi) is 7.67. The molecule has 0 radical (unpaired) electrons. The smallest absolute Gasteiger partial charge is 0.420 e. The molecule has 0 unspecified atom stereocenters. The molecule has 8 nitrogen and oxygen atoms in total. The van der Waals surface area contributed by atoms with Crippen molar-refractivity contribution in [3.05, 3.63) is 82.9 Å². The maximum Gasteiger partial charge on any atom is 0.420 e. The molecule has 1 aliphatic rings. The molecule has 0 atom stereocenters. The average molecular weight is 600 g/mol. The van der Waals surface area contributed by atoms with Gasteiger partial charge >= 0.3 is 6.18 Å². The molecule has 13 heteroatoms. The van der Waals surface area contributed by atoms with Crippen molar-refractivity contribution in [2.24, 2.45) is 5.73 Å². The molecule has 0 bridgehead atoms. The molecule has 1 aliphatic heterocycles. The van der Waals surface area contributed by atoms with Gasteiger partial charge in [-0.3, -0.25) is 14.6 Å². The van der Waals surface area contributed by atoms with Gasteiger partial charge in [0.25, 0.3) is 11.8 Å². The van der Waals surface area contributed by atoms with E-state index in [1.54, 1.807) is 13.0 Å². The number of pyridine rings is 2. The molecule has 4 heterocycles. The van der Waals surface area contributed by atoms with E-state index in [1.165, 1.54) is 41.6 Å². The second-order valence-electron chi connectivity index (χ2n) is 10.3. The lowest BCUT2D eigenvalue weighted by atomic mass is 9.98. The molecule has 43 heavy (non-hydrogen) atoms. The van der Waals surface area contributed by atoms with Crippen LogP contribution in [0.5, 0.6) is 0 Å². The third kappa shape index (κ3) is 6.35. The highest BCUT2D eigenvalue weighted by atomic mass is 19.4. The first kappa shape index (κ1) is 29.7. The summed E-state index contributed by atoms with van der Waals surface area (Å²) in [6.07, 6.45) is -1.93. The maximum atomic E-state index is 14.2. The zero-order chi connectivity index (χ0) is 31.1. The summed E-state index contributed by atoms with van der Waals surface area (Å²) in [6, 6.07) is 8.35. The number of nitrogens with zero attached hydrogens (tertiary/aromatic N) is 3. The van der Waals surface area contributed by atoms with E-state index in [9.17, 15) is 31.5 Å². The fourth-order valence-electron chi connectivity index (χ4n) is 4.98. The summed E-state index contributed by atoms with van der Waals surface area (Å²) < 4.78 is 75.5. The molecule has 1 aromatic carbocycles. The number of alkyl halides is 5. The highest BCUT2D eigenvalue weighted by molar-refractivity contribution is 5.96. The number of carbonyl (C=O) groups is 2. The molecule has 3 aromatic heterocycles. The SMILES string of the molecule is Cc1c(C/C(=C\C(N)=O)c2ccc(N)nc2)oc2c(C(F)(F)F)cc(-c3ccc(C(=O)N4CCC(F)(F)CC4)cn3)cc12. The van der Waals surface area contributed by atoms with Crippen molar-refractivity contribution in [3.63, 3.8) is 0 Å². The summed E-state index contributed by atoms with van der Waals surface area (Å²) in [5.41, 5.74) is 11.3. The molecule has 0 saturated carbocycles.